The van der Waals surface area contributed by atoms with Gasteiger partial charge in [0.15, 0.2) is 11.6 Å². The van der Waals surface area contributed by atoms with E-state index in [2.05, 4.69) is 45.3 Å². The second kappa shape index (κ2) is 11.3. The number of Topliss-reactive ketones (excluding diaryl/α,β-unsaturated/α-hetero) is 2. The van der Waals surface area contributed by atoms with E-state index in [-0.39, 0.29) is 71.3 Å². The first-order valence-electron chi connectivity index (χ1n) is 14.2. The fraction of sp³-hybridized carbons (Fsp3) is 0.857. The summed E-state index contributed by atoms with van der Waals surface area (Å²) < 4.78 is 18.3. The van der Waals surface area contributed by atoms with Gasteiger partial charge in [0, 0.05) is 24.6 Å². The van der Waals surface area contributed by atoms with Gasteiger partial charge in [-0.15, -0.1) is 0 Å². The fourth-order valence-electron chi connectivity index (χ4n) is 6.63. The molecular weight excluding hydrogens is 487 g/mol. The summed E-state index contributed by atoms with van der Waals surface area (Å²) in [5.74, 6) is -0.719. The van der Waals surface area contributed by atoms with Crippen molar-refractivity contribution in [3.63, 3.8) is 0 Å². The average molecular weight is 535 g/mol. The van der Waals surface area contributed by atoms with E-state index in [9.17, 15) is 19.2 Å². The molecule has 4 rings (SSSR count). The van der Waals surface area contributed by atoms with Crippen molar-refractivity contribution in [1.29, 1.82) is 0 Å². The first-order valence-corrected chi connectivity index (χ1v) is 14.2. The number of rotatable bonds is 12. The number of hydrogen-bond acceptors (Lipinski definition) is 7. The van der Waals surface area contributed by atoms with E-state index >= 15 is 0 Å². The summed E-state index contributed by atoms with van der Waals surface area (Å²) in [6.07, 6.45) is 2.32. The SMILES string of the molecule is CC(C)OC(=O)NC(C)C(=O)CC(C)C(=O)NCC(=O)CC(B1OC2(C)CCC3CC2(O1)C3(C)C)C(C)C. The number of ether oxygens (including phenoxy) is 1. The van der Waals surface area contributed by atoms with Gasteiger partial charge in [0.25, 0.3) is 0 Å². The van der Waals surface area contributed by atoms with E-state index in [1.165, 1.54) is 0 Å². The van der Waals surface area contributed by atoms with Crippen LogP contribution in [0.3, 0.4) is 0 Å². The first kappa shape index (κ1) is 30.6. The zero-order chi connectivity index (χ0) is 28.6. The normalized spacial score (nSPS) is 29.7. The van der Waals surface area contributed by atoms with Crippen molar-refractivity contribution in [1.82, 2.24) is 10.6 Å². The highest BCUT2D eigenvalue weighted by molar-refractivity contribution is 6.48. The number of alkyl carbamates (subject to hydrolysis) is 1. The van der Waals surface area contributed by atoms with Crippen LogP contribution in [0.15, 0.2) is 0 Å². The van der Waals surface area contributed by atoms with Crippen molar-refractivity contribution < 1.29 is 33.2 Å². The Morgan fingerprint density at radius 3 is 2.21 bits per heavy atom. The van der Waals surface area contributed by atoms with E-state index in [0.717, 1.165) is 19.3 Å². The minimum absolute atomic E-state index is 0.0452. The molecule has 38 heavy (non-hydrogen) atoms. The summed E-state index contributed by atoms with van der Waals surface area (Å²) in [6.45, 7) is 17.3. The zero-order valence-corrected chi connectivity index (χ0v) is 24.6. The summed E-state index contributed by atoms with van der Waals surface area (Å²) >= 11 is 0. The van der Waals surface area contributed by atoms with E-state index in [0.29, 0.717) is 5.92 Å². The summed E-state index contributed by atoms with van der Waals surface area (Å²) in [5, 5.41) is 5.16. The van der Waals surface area contributed by atoms with E-state index in [1.54, 1.807) is 27.7 Å². The summed E-state index contributed by atoms with van der Waals surface area (Å²) in [7, 11) is -0.453. The topological polar surface area (TPSA) is 120 Å². The van der Waals surface area contributed by atoms with Crippen LogP contribution in [-0.2, 0) is 28.4 Å². The van der Waals surface area contributed by atoms with Gasteiger partial charge >= 0.3 is 13.2 Å². The molecule has 1 saturated heterocycles. The molecule has 1 aliphatic heterocycles. The highest BCUT2D eigenvalue weighted by Gasteiger charge is 2.76. The number of hydrogen-bond donors (Lipinski definition) is 2. The number of carbonyl (C=O) groups excluding carboxylic acids is 4. The van der Waals surface area contributed by atoms with Gasteiger partial charge in [-0.05, 0) is 64.2 Å². The molecule has 214 valence electrons. The Kier molecular flexibility index (Phi) is 9.08. The predicted molar refractivity (Wildman–Crippen MR) is 144 cm³/mol. The second-order valence-electron chi connectivity index (χ2n) is 13.1. The van der Waals surface area contributed by atoms with Gasteiger partial charge in [-0.25, -0.2) is 4.79 Å². The summed E-state index contributed by atoms with van der Waals surface area (Å²) in [5.41, 5.74) is -0.610. The lowest BCUT2D eigenvalue weighted by Crippen LogP contribution is -2.73. The molecule has 10 heteroatoms. The largest absolute Gasteiger partial charge is 0.461 e. The molecule has 1 spiro atoms. The molecule has 6 atom stereocenters. The molecule has 4 fully saturated rings. The molecule has 3 saturated carbocycles. The Morgan fingerprint density at radius 2 is 1.66 bits per heavy atom. The third-order valence-electron chi connectivity index (χ3n) is 9.36. The Bertz CT molecular complexity index is 938. The van der Waals surface area contributed by atoms with Crippen molar-refractivity contribution in [2.75, 3.05) is 6.54 Å². The van der Waals surface area contributed by atoms with Crippen LogP contribution in [0.2, 0.25) is 5.82 Å². The highest BCUT2D eigenvalue weighted by atomic mass is 16.7. The van der Waals surface area contributed by atoms with Crippen LogP contribution in [-0.4, -0.2) is 60.6 Å². The molecular formula is C28H47BN2O7. The monoisotopic (exact) mass is 534 g/mol. The van der Waals surface area contributed by atoms with Gasteiger partial charge in [0.1, 0.15) is 0 Å². The van der Waals surface area contributed by atoms with Crippen LogP contribution in [0.4, 0.5) is 4.79 Å². The van der Waals surface area contributed by atoms with Gasteiger partial charge in [-0.2, -0.15) is 0 Å². The molecule has 0 aromatic rings. The lowest BCUT2D eigenvalue weighted by Gasteiger charge is -2.69. The van der Waals surface area contributed by atoms with Gasteiger partial charge in [-0.1, -0.05) is 34.6 Å². The molecule has 0 radical (unpaired) electrons. The van der Waals surface area contributed by atoms with Crippen molar-refractivity contribution in [2.45, 2.75) is 124 Å². The standard InChI is InChI=1S/C28H47BN2O7/c1-16(2)22(29-37-27(9)11-10-20-14-28(27,38-29)26(20,7)8)13-21(32)15-30-24(34)18(5)12-23(33)19(6)31-25(35)36-17(3)4/h16-20,22H,10-15H2,1-9H3,(H,30,34)(H,31,35). The van der Waals surface area contributed by atoms with Crippen molar-refractivity contribution in [3.8, 4) is 0 Å². The maximum Gasteiger partial charge on any atom is 0.461 e. The molecule has 2 amide bonds. The minimum atomic E-state index is -0.780. The summed E-state index contributed by atoms with van der Waals surface area (Å²) in [6, 6.07) is -0.780. The number of nitrogens with one attached hydrogen (secondary N) is 2. The highest BCUT2D eigenvalue weighted by Crippen LogP contribution is 2.71. The number of ketones is 2. The Labute approximate surface area is 228 Å². The Hall–Kier alpha value is -1.94. The Morgan fingerprint density at radius 1 is 1.00 bits per heavy atom. The van der Waals surface area contributed by atoms with Crippen LogP contribution in [0.25, 0.3) is 0 Å². The molecule has 0 aromatic heterocycles. The van der Waals surface area contributed by atoms with Crippen LogP contribution in [0, 0.1) is 23.2 Å². The molecule has 2 N–H and O–H groups in total. The number of amides is 2. The smallest absolute Gasteiger partial charge is 0.447 e. The maximum absolute atomic E-state index is 12.9. The lowest BCUT2D eigenvalue weighted by molar-refractivity contribution is -0.257. The fourth-order valence-corrected chi connectivity index (χ4v) is 6.63. The van der Waals surface area contributed by atoms with Crippen LogP contribution in [0.1, 0.15) is 94.4 Å². The first-order chi connectivity index (χ1) is 17.5. The molecule has 6 unspecified atom stereocenters. The lowest BCUT2D eigenvalue weighted by atomic mass is 9.41. The van der Waals surface area contributed by atoms with Crippen molar-refractivity contribution in [2.24, 2.45) is 23.2 Å². The molecule has 9 nitrogen and oxygen atoms in total. The number of fused-ring (bicyclic) bond motifs is 1. The molecule has 4 aliphatic rings. The number of carbonyl (C=O) groups is 4. The zero-order valence-electron chi connectivity index (χ0n) is 24.6. The van der Waals surface area contributed by atoms with Gasteiger partial charge < -0.3 is 24.7 Å². The Balaban J connectivity index is 1.49. The van der Waals surface area contributed by atoms with E-state index in [1.807, 2.05) is 0 Å². The molecule has 3 aliphatic carbocycles. The third kappa shape index (κ3) is 5.81. The van der Waals surface area contributed by atoms with Gasteiger partial charge in [0.2, 0.25) is 5.91 Å². The van der Waals surface area contributed by atoms with E-state index in [4.69, 9.17) is 14.0 Å². The van der Waals surface area contributed by atoms with E-state index < -0.39 is 25.2 Å². The molecule has 1 heterocycles. The molecule has 2 bridgehead atoms. The second-order valence-corrected chi connectivity index (χ2v) is 13.1. The van der Waals surface area contributed by atoms with Crippen LogP contribution in [0.5, 0.6) is 0 Å². The minimum Gasteiger partial charge on any atom is -0.447 e. The van der Waals surface area contributed by atoms with Crippen LogP contribution >= 0.6 is 0 Å². The van der Waals surface area contributed by atoms with Crippen molar-refractivity contribution >= 4 is 30.7 Å². The predicted octanol–water partition coefficient (Wildman–Crippen LogP) is 4.08. The molecule has 0 aromatic carbocycles. The maximum atomic E-state index is 12.9. The quantitative estimate of drug-likeness (QED) is 0.362. The van der Waals surface area contributed by atoms with Gasteiger partial charge in [0.05, 0.1) is 29.9 Å². The van der Waals surface area contributed by atoms with Gasteiger partial charge in [-0.3, -0.25) is 14.4 Å². The third-order valence-corrected chi connectivity index (χ3v) is 9.36. The summed E-state index contributed by atoms with van der Waals surface area (Å²) in [4.78, 5) is 49.7. The van der Waals surface area contributed by atoms with Crippen molar-refractivity contribution in [3.05, 3.63) is 0 Å². The van der Waals surface area contributed by atoms with Crippen LogP contribution < -0.4 is 10.6 Å². The average Bonchev–Trinajstić information content (AvgIpc) is 3.15.